The first-order valence-electron chi connectivity index (χ1n) is 7.25. The van der Waals surface area contributed by atoms with E-state index in [1.807, 2.05) is 26.0 Å². The molecule has 5 atom stereocenters. The SMILES string of the molecule is CC/C=C\[C@H](CC)C(O)[C@@]12NC(=O)[C@H](C)[C@]1(C)OC2=O. The fourth-order valence-corrected chi connectivity index (χ4v) is 3.25. The molecular weight excluding hydrogens is 258 g/mol. The Morgan fingerprint density at radius 2 is 2.10 bits per heavy atom. The molecule has 0 saturated carbocycles. The zero-order valence-corrected chi connectivity index (χ0v) is 12.5. The number of ether oxygens (including phenoxy) is 1. The number of hydrogen-bond acceptors (Lipinski definition) is 4. The van der Waals surface area contributed by atoms with Gasteiger partial charge in [-0.15, -0.1) is 0 Å². The molecule has 2 aliphatic rings. The largest absolute Gasteiger partial charge is 0.453 e. The standard InChI is InChI=1S/C15H23NO4/c1-5-7-8-10(6-2)11(17)15-13(19)20-14(15,4)9(3)12(18)16-15/h7-11,17H,5-6H2,1-4H3,(H,16,18)/b8-7-/t9-,10-,11?,14-,15-/m0/s1. The Morgan fingerprint density at radius 3 is 2.55 bits per heavy atom. The Bertz CT molecular complexity index is 461. The molecule has 2 fully saturated rings. The summed E-state index contributed by atoms with van der Waals surface area (Å²) in [7, 11) is 0. The molecule has 2 heterocycles. The van der Waals surface area contributed by atoms with Crippen LogP contribution in [0.25, 0.3) is 0 Å². The first-order valence-corrected chi connectivity index (χ1v) is 7.25. The van der Waals surface area contributed by atoms with Gasteiger partial charge in [0, 0.05) is 5.92 Å². The number of carbonyl (C=O) groups excluding carboxylic acids is 2. The van der Waals surface area contributed by atoms with E-state index in [4.69, 9.17) is 4.74 Å². The van der Waals surface area contributed by atoms with Gasteiger partial charge in [0.25, 0.3) is 0 Å². The van der Waals surface area contributed by atoms with E-state index in [1.165, 1.54) is 0 Å². The van der Waals surface area contributed by atoms with Crippen LogP contribution in [0.3, 0.4) is 0 Å². The average molecular weight is 281 g/mol. The molecule has 0 aromatic carbocycles. The summed E-state index contributed by atoms with van der Waals surface area (Å²) in [4.78, 5) is 24.0. The van der Waals surface area contributed by atoms with Crippen molar-refractivity contribution in [2.45, 2.75) is 57.8 Å². The highest BCUT2D eigenvalue weighted by atomic mass is 16.6. The fourth-order valence-electron chi connectivity index (χ4n) is 3.25. The van der Waals surface area contributed by atoms with Gasteiger partial charge in [0.05, 0.1) is 12.0 Å². The molecule has 2 rings (SSSR count). The fraction of sp³-hybridized carbons (Fsp3) is 0.733. The van der Waals surface area contributed by atoms with Gasteiger partial charge < -0.3 is 15.2 Å². The maximum atomic E-state index is 12.0. The highest BCUT2D eigenvalue weighted by Crippen LogP contribution is 2.51. The maximum absolute atomic E-state index is 12.0. The smallest absolute Gasteiger partial charge is 0.339 e. The van der Waals surface area contributed by atoms with E-state index in [1.54, 1.807) is 13.8 Å². The van der Waals surface area contributed by atoms with E-state index in [2.05, 4.69) is 5.32 Å². The number of nitrogens with one attached hydrogen (secondary N) is 1. The number of carbonyl (C=O) groups is 2. The zero-order chi connectivity index (χ0) is 15.1. The molecule has 112 valence electrons. The van der Waals surface area contributed by atoms with Gasteiger partial charge in [-0.25, -0.2) is 4.79 Å². The minimum Gasteiger partial charge on any atom is -0.453 e. The minimum atomic E-state index is -1.30. The number of aliphatic hydroxyl groups excluding tert-OH is 1. The Balaban J connectivity index is 2.36. The third kappa shape index (κ3) is 1.65. The second-order valence-corrected chi connectivity index (χ2v) is 5.87. The summed E-state index contributed by atoms with van der Waals surface area (Å²) in [5.74, 6) is -1.42. The summed E-state index contributed by atoms with van der Waals surface area (Å²) in [5.41, 5.74) is -2.27. The molecule has 2 aliphatic heterocycles. The molecule has 2 N–H and O–H groups in total. The zero-order valence-electron chi connectivity index (χ0n) is 12.5. The van der Waals surface area contributed by atoms with Crippen LogP contribution in [0, 0.1) is 11.8 Å². The lowest BCUT2D eigenvalue weighted by Crippen LogP contribution is -2.79. The van der Waals surface area contributed by atoms with E-state index < -0.39 is 29.1 Å². The summed E-state index contributed by atoms with van der Waals surface area (Å²) in [6, 6.07) is 0. The Hall–Kier alpha value is -1.36. The maximum Gasteiger partial charge on any atom is 0.339 e. The van der Waals surface area contributed by atoms with E-state index in [0.717, 1.165) is 6.42 Å². The van der Waals surface area contributed by atoms with Crippen molar-refractivity contribution in [2.75, 3.05) is 0 Å². The Morgan fingerprint density at radius 1 is 1.45 bits per heavy atom. The summed E-state index contributed by atoms with van der Waals surface area (Å²) in [6.07, 6.45) is 4.46. The molecule has 0 aromatic rings. The second kappa shape index (κ2) is 4.88. The number of amides is 1. The van der Waals surface area contributed by atoms with Gasteiger partial charge in [0.1, 0.15) is 0 Å². The molecule has 0 bridgehead atoms. The number of hydrogen-bond donors (Lipinski definition) is 2. The highest BCUT2D eigenvalue weighted by Gasteiger charge is 2.78. The van der Waals surface area contributed by atoms with Crippen LogP contribution in [0.1, 0.15) is 40.5 Å². The number of rotatable bonds is 5. The number of aliphatic hydroxyl groups is 1. The van der Waals surface area contributed by atoms with E-state index >= 15 is 0 Å². The number of esters is 1. The predicted molar refractivity (Wildman–Crippen MR) is 73.8 cm³/mol. The third-order valence-corrected chi connectivity index (χ3v) is 4.89. The monoisotopic (exact) mass is 281 g/mol. The lowest BCUT2D eigenvalue weighted by molar-refractivity contribution is -0.236. The van der Waals surface area contributed by atoms with Crippen molar-refractivity contribution in [1.29, 1.82) is 0 Å². The molecule has 20 heavy (non-hydrogen) atoms. The van der Waals surface area contributed by atoms with Gasteiger partial charge in [-0.2, -0.15) is 0 Å². The van der Waals surface area contributed by atoms with Crippen LogP contribution < -0.4 is 5.32 Å². The van der Waals surface area contributed by atoms with Crippen LogP contribution in [0.2, 0.25) is 0 Å². The van der Waals surface area contributed by atoms with Crippen molar-refractivity contribution < 1.29 is 19.4 Å². The molecule has 5 heteroatoms. The van der Waals surface area contributed by atoms with E-state index in [-0.39, 0.29) is 11.8 Å². The molecule has 5 nitrogen and oxygen atoms in total. The van der Waals surface area contributed by atoms with Gasteiger partial charge in [-0.05, 0) is 26.7 Å². The second-order valence-electron chi connectivity index (χ2n) is 5.87. The lowest BCUT2D eigenvalue weighted by atomic mass is 9.66. The summed E-state index contributed by atoms with van der Waals surface area (Å²) in [6.45, 7) is 7.40. The quantitative estimate of drug-likeness (QED) is 0.586. The number of allylic oxidation sites excluding steroid dienone is 1. The highest BCUT2D eigenvalue weighted by molar-refractivity contribution is 6.01. The molecule has 1 amide bonds. The van der Waals surface area contributed by atoms with Crippen LogP contribution in [0.15, 0.2) is 12.2 Å². The van der Waals surface area contributed by atoms with Gasteiger partial charge in [-0.3, -0.25) is 4.79 Å². The Kier molecular flexibility index (Phi) is 3.67. The topological polar surface area (TPSA) is 75.6 Å². The van der Waals surface area contributed by atoms with E-state index in [0.29, 0.717) is 6.42 Å². The van der Waals surface area contributed by atoms with Crippen molar-refractivity contribution in [3.63, 3.8) is 0 Å². The minimum absolute atomic E-state index is 0.187. The average Bonchev–Trinajstić information content (AvgIpc) is 2.57. The normalized spacial score (nSPS) is 39.0. The van der Waals surface area contributed by atoms with Crippen molar-refractivity contribution in [3.05, 3.63) is 12.2 Å². The van der Waals surface area contributed by atoms with Crippen LogP contribution in [0.5, 0.6) is 0 Å². The molecule has 1 unspecified atom stereocenters. The Labute approximate surface area is 119 Å². The van der Waals surface area contributed by atoms with Crippen LogP contribution in [-0.2, 0) is 14.3 Å². The number of fused-ring (bicyclic) bond motifs is 1. The first-order chi connectivity index (χ1) is 9.35. The van der Waals surface area contributed by atoms with Crippen molar-refractivity contribution in [2.24, 2.45) is 11.8 Å². The van der Waals surface area contributed by atoms with Gasteiger partial charge >= 0.3 is 5.97 Å². The molecule has 0 spiro atoms. The first kappa shape index (κ1) is 15.0. The van der Waals surface area contributed by atoms with Gasteiger partial charge in [0.15, 0.2) is 5.60 Å². The molecule has 0 aromatic heterocycles. The molecular formula is C15H23NO4. The van der Waals surface area contributed by atoms with Crippen LogP contribution in [-0.4, -0.2) is 34.2 Å². The lowest BCUT2D eigenvalue weighted by Gasteiger charge is -2.54. The van der Waals surface area contributed by atoms with Crippen LogP contribution >= 0.6 is 0 Å². The van der Waals surface area contributed by atoms with Gasteiger partial charge in [0.2, 0.25) is 11.4 Å². The third-order valence-electron chi connectivity index (χ3n) is 4.89. The van der Waals surface area contributed by atoms with E-state index in [9.17, 15) is 14.7 Å². The molecule has 2 saturated heterocycles. The van der Waals surface area contributed by atoms with Crippen molar-refractivity contribution in [3.8, 4) is 0 Å². The molecule has 0 radical (unpaired) electrons. The van der Waals surface area contributed by atoms with Gasteiger partial charge in [-0.1, -0.05) is 26.0 Å². The predicted octanol–water partition coefficient (Wildman–Crippen LogP) is 1.16. The van der Waals surface area contributed by atoms with Crippen molar-refractivity contribution in [1.82, 2.24) is 5.32 Å². The molecule has 0 aliphatic carbocycles. The summed E-state index contributed by atoms with van der Waals surface area (Å²) < 4.78 is 5.25. The van der Waals surface area contributed by atoms with Crippen molar-refractivity contribution >= 4 is 11.9 Å². The summed E-state index contributed by atoms with van der Waals surface area (Å²) >= 11 is 0. The van der Waals surface area contributed by atoms with Crippen LogP contribution in [0.4, 0.5) is 0 Å². The summed E-state index contributed by atoms with van der Waals surface area (Å²) in [5, 5.41) is 13.4.